The van der Waals surface area contributed by atoms with Gasteiger partial charge in [0.15, 0.2) is 6.61 Å². The highest BCUT2D eigenvalue weighted by molar-refractivity contribution is 5.81. The highest BCUT2D eigenvalue weighted by atomic mass is 19.1. The standard InChI is InChI=1S/C18H19FN2O3/c1-13-7-8-14(10-20-13)9-18(23)24-12-17(22)21(2)11-15-5-3-4-6-16(15)19/h3-8,10H,9,11-12H2,1-2H3. The summed E-state index contributed by atoms with van der Waals surface area (Å²) in [6, 6.07) is 9.82. The molecule has 0 aliphatic heterocycles. The molecule has 2 rings (SSSR count). The van der Waals surface area contributed by atoms with Crippen LogP contribution in [0.1, 0.15) is 16.8 Å². The molecule has 1 heterocycles. The number of nitrogens with zero attached hydrogens (tertiary/aromatic N) is 2. The van der Waals surface area contributed by atoms with Gasteiger partial charge < -0.3 is 9.64 Å². The lowest BCUT2D eigenvalue weighted by Gasteiger charge is -2.17. The van der Waals surface area contributed by atoms with Crippen LogP contribution in [0.4, 0.5) is 4.39 Å². The number of carbonyl (C=O) groups excluding carboxylic acids is 2. The Kier molecular flexibility index (Phi) is 6.01. The summed E-state index contributed by atoms with van der Waals surface area (Å²) >= 11 is 0. The molecule has 0 saturated carbocycles. The van der Waals surface area contributed by atoms with Gasteiger partial charge in [-0.05, 0) is 24.6 Å². The Bertz CT molecular complexity index is 716. The van der Waals surface area contributed by atoms with E-state index in [-0.39, 0.29) is 25.4 Å². The fourth-order valence-corrected chi connectivity index (χ4v) is 2.04. The number of pyridine rings is 1. The SMILES string of the molecule is Cc1ccc(CC(=O)OCC(=O)N(C)Cc2ccccc2F)cn1. The minimum atomic E-state index is -0.506. The van der Waals surface area contributed by atoms with Gasteiger partial charge in [0, 0.05) is 31.0 Å². The van der Waals surface area contributed by atoms with Crippen LogP contribution in [0.2, 0.25) is 0 Å². The maximum Gasteiger partial charge on any atom is 0.310 e. The number of ether oxygens (including phenoxy) is 1. The molecule has 0 N–H and O–H groups in total. The van der Waals surface area contributed by atoms with Crippen LogP contribution in [0.15, 0.2) is 42.6 Å². The predicted molar refractivity (Wildman–Crippen MR) is 86.5 cm³/mol. The summed E-state index contributed by atoms with van der Waals surface area (Å²) in [6.45, 7) is 1.60. The van der Waals surface area contributed by atoms with E-state index in [9.17, 15) is 14.0 Å². The second kappa shape index (κ2) is 8.19. The number of hydrogen-bond donors (Lipinski definition) is 0. The van der Waals surface area contributed by atoms with Crippen LogP contribution in [-0.4, -0.2) is 35.4 Å². The van der Waals surface area contributed by atoms with E-state index >= 15 is 0 Å². The molecule has 24 heavy (non-hydrogen) atoms. The van der Waals surface area contributed by atoms with Crippen molar-refractivity contribution in [1.29, 1.82) is 0 Å². The van der Waals surface area contributed by atoms with Gasteiger partial charge in [0.25, 0.3) is 5.91 Å². The van der Waals surface area contributed by atoms with Gasteiger partial charge in [0.2, 0.25) is 0 Å². The highest BCUT2D eigenvalue weighted by Gasteiger charge is 2.14. The Morgan fingerprint density at radius 3 is 2.62 bits per heavy atom. The zero-order valence-electron chi connectivity index (χ0n) is 13.7. The molecular formula is C18H19FN2O3. The van der Waals surface area contributed by atoms with Crippen molar-refractivity contribution in [2.24, 2.45) is 0 Å². The summed E-state index contributed by atoms with van der Waals surface area (Å²) in [6.07, 6.45) is 1.65. The average molecular weight is 330 g/mol. The summed E-state index contributed by atoms with van der Waals surface area (Å²) in [5, 5.41) is 0. The van der Waals surface area contributed by atoms with Crippen molar-refractivity contribution in [2.45, 2.75) is 19.9 Å². The van der Waals surface area contributed by atoms with E-state index in [0.717, 1.165) is 11.3 Å². The van der Waals surface area contributed by atoms with Crippen LogP contribution in [0.3, 0.4) is 0 Å². The molecular weight excluding hydrogens is 311 g/mol. The summed E-state index contributed by atoms with van der Waals surface area (Å²) in [5.41, 5.74) is 1.99. The molecule has 0 bridgehead atoms. The maximum atomic E-state index is 13.6. The number of halogens is 1. The van der Waals surface area contributed by atoms with Crippen LogP contribution in [0.25, 0.3) is 0 Å². The van der Waals surface area contributed by atoms with Crippen molar-refractivity contribution < 1.29 is 18.7 Å². The lowest BCUT2D eigenvalue weighted by molar-refractivity contribution is -0.151. The molecule has 1 amide bonds. The lowest BCUT2D eigenvalue weighted by Crippen LogP contribution is -2.31. The summed E-state index contributed by atoms with van der Waals surface area (Å²) < 4.78 is 18.5. The molecule has 126 valence electrons. The monoisotopic (exact) mass is 330 g/mol. The molecule has 0 fully saturated rings. The van der Waals surface area contributed by atoms with Crippen molar-refractivity contribution in [3.05, 3.63) is 65.2 Å². The molecule has 0 unspecified atom stereocenters. The van der Waals surface area contributed by atoms with Crippen LogP contribution < -0.4 is 0 Å². The van der Waals surface area contributed by atoms with Crippen molar-refractivity contribution in [1.82, 2.24) is 9.88 Å². The van der Waals surface area contributed by atoms with Gasteiger partial charge in [0.1, 0.15) is 5.82 Å². The first-order chi connectivity index (χ1) is 11.5. The van der Waals surface area contributed by atoms with E-state index in [1.807, 2.05) is 6.92 Å². The molecule has 1 aromatic heterocycles. The highest BCUT2D eigenvalue weighted by Crippen LogP contribution is 2.09. The molecule has 1 aromatic carbocycles. The van der Waals surface area contributed by atoms with Crippen LogP contribution in [-0.2, 0) is 27.3 Å². The summed E-state index contributed by atoms with van der Waals surface area (Å²) in [7, 11) is 1.53. The van der Waals surface area contributed by atoms with Crippen molar-refractivity contribution >= 4 is 11.9 Å². The van der Waals surface area contributed by atoms with Crippen LogP contribution in [0, 0.1) is 12.7 Å². The van der Waals surface area contributed by atoms with Crippen molar-refractivity contribution in [3.63, 3.8) is 0 Å². The van der Waals surface area contributed by atoms with Gasteiger partial charge >= 0.3 is 5.97 Å². The van der Waals surface area contributed by atoms with Gasteiger partial charge in [-0.2, -0.15) is 0 Å². The molecule has 6 heteroatoms. The van der Waals surface area contributed by atoms with E-state index in [1.165, 1.54) is 18.0 Å². The van der Waals surface area contributed by atoms with E-state index < -0.39 is 11.9 Å². The Labute approximate surface area is 140 Å². The van der Waals surface area contributed by atoms with Crippen molar-refractivity contribution in [2.75, 3.05) is 13.7 Å². The number of carbonyl (C=O) groups is 2. The second-order valence-corrected chi connectivity index (χ2v) is 5.49. The summed E-state index contributed by atoms with van der Waals surface area (Å²) in [5.74, 6) is -1.28. The zero-order chi connectivity index (χ0) is 17.5. The molecule has 0 spiro atoms. The molecule has 0 aliphatic carbocycles. The Hall–Kier alpha value is -2.76. The molecule has 0 aliphatic rings. The topological polar surface area (TPSA) is 59.5 Å². The zero-order valence-corrected chi connectivity index (χ0v) is 13.7. The maximum absolute atomic E-state index is 13.6. The van der Waals surface area contributed by atoms with Crippen molar-refractivity contribution in [3.8, 4) is 0 Å². The number of aryl methyl sites for hydroxylation is 1. The lowest BCUT2D eigenvalue weighted by atomic mass is 10.2. The van der Waals surface area contributed by atoms with Gasteiger partial charge in [-0.15, -0.1) is 0 Å². The predicted octanol–water partition coefficient (Wildman–Crippen LogP) is 2.27. The van der Waals surface area contributed by atoms with Gasteiger partial charge in [-0.3, -0.25) is 14.6 Å². The minimum absolute atomic E-state index is 0.0532. The third kappa shape index (κ3) is 5.15. The Morgan fingerprint density at radius 2 is 1.96 bits per heavy atom. The first kappa shape index (κ1) is 17.6. The van der Waals surface area contributed by atoms with Gasteiger partial charge in [-0.25, -0.2) is 4.39 Å². The third-order valence-corrected chi connectivity index (χ3v) is 3.47. The van der Waals surface area contributed by atoms with Crippen LogP contribution >= 0.6 is 0 Å². The number of hydrogen-bond acceptors (Lipinski definition) is 4. The number of amides is 1. The van der Waals surface area contributed by atoms with E-state index in [4.69, 9.17) is 4.74 Å². The average Bonchev–Trinajstić information content (AvgIpc) is 2.56. The van der Waals surface area contributed by atoms with Gasteiger partial charge in [-0.1, -0.05) is 24.3 Å². The molecule has 2 aromatic rings. The number of likely N-dealkylation sites (N-methyl/N-ethyl adjacent to an activating group) is 1. The van der Waals surface area contributed by atoms with Crippen LogP contribution in [0.5, 0.6) is 0 Å². The normalized spacial score (nSPS) is 10.3. The number of rotatable bonds is 6. The fraction of sp³-hybridized carbons (Fsp3) is 0.278. The first-order valence-electron chi connectivity index (χ1n) is 7.50. The molecule has 0 saturated heterocycles. The Morgan fingerprint density at radius 1 is 1.21 bits per heavy atom. The first-order valence-corrected chi connectivity index (χ1v) is 7.50. The molecule has 0 radical (unpaired) electrons. The van der Waals surface area contributed by atoms with E-state index in [2.05, 4.69) is 4.98 Å². The van der Waals surface area contributed by atoms with Gasteiger partial charge in [0.05, 0.1) is 6.42 Å². The summed E-state index contributed by atoms with van der Waals surface area (Å²) in [4.78, 5) is 29.1. The largest absolute Gasteiger partial charge is 0.455 e. The smallest absolute Gasteiger partial charge is 0.310 e. The minimum Gasteiger partial charge on any atom is -0.455 e. The number of aromatic nitrogens is 1. The molecule has 5 nitrogen and oxygen atoms in total. The van der Waals surface area contributed by atoms with E-state index in [0.29, 0.717) is 5.56 Å². The Balaban J connectivity index is 1.80. The number of esters is 1. The van der Waals surface area contributed by atoms with E-state index in [1.54, 1.807) is 36.5 Å². The third-order valence-electron chi connectivity index (χ3n) is 3.47. The number of benzene rings is 1. The second-order valence-electron chi connectivity index (χ2n) is 5.49. The fourth-order valence-electron chi connectivity index (χ4n) is 2.04. The quantitative estimate of drug-likeness (QED) is 0.763. The molecule has 0 atom stereocenters.